The van der Waals surface area contributed by atoms with Crippen molar-refractivity contribution in [2.45, 2.75) is 6.92 Å². The van der Waals surface area contributed by atoms with Crippen molar-refractivity contribution >= 4 is 24.3 Å². The fourth-order valence-electron chi connectivity index (χ4n) is 1.22. The Hall–Kier alpha value is -0.174. The zero-order valence-electron chi connectivity index (χ0n) is 10.6. The van der Waals surface area contributed by atoms with Crippen LogP contribution in [0.5, 0.6) is 0 Å². The van der Waals surface area contributed by atoms with Crippen molar-refractivity contribution < 1.29 is 60.9 Å². The maximum absolute atomic E-state index is 11.4. The van der Waals surface area contributed by atoms with Crippen LogP contribution in [0.1, 0.15) is 12.5 Å². The molecule has 1 N–H and O–H groups in total. The molecule has 0 bridgehead atoms. The van der Waals surface area contributed by atoms with Crippen molar-refractivity contribution in [1.82, 2.24) is 5.32 Å². The van der Waals surface area contributed by atoms with E-state index in [0.29, 0.717) is 12.3 Å². The summed E-state index contributed by atoms with van der Waals surface area (Å²) in [5, 5.41) is 4.33. The molecular weight excluding hydrogens is 273 g/mol. The van der Waals surface area contributed by atoms with Crippen LogP contribution in [-0.2, 0) is 22.2 Å². The van der Waals surface area contributed by atoms with Crippen LogP contribution in [0.2, 0.25) is 0 Å². The van der Waals surface area contributed by atoms with Gasteiger partial charge in [0.1, 0.15) is 5.70 Å². The third kappa shape index (κ3) is 5.64. The average molecular weight is 287 g/mol. The van der Waals surface area contributed by atoms with E-state index in [9.17, 15) is 4.79 Å². The zero-order valence-corrected chi connectivity index (χ0v) is 14.5. The number of rotatable bonds is 5. The summed E-state index contributed by atoms with van der Waals surface area (Å²) in [6, 6.07) is 9.48. The fraction of sp³-hybridized carbons (Fsp3) is 0.154. The first-order valence-electron chi connectivity index (χ1n) is 5.19. The molecule has 0 radical (unpaired) electrons. The van der Waals surface area contributed by atoms with Gasteiger partial charge in [-0.1, -0.05) is 36.9 Å². The molecule has 0 heterocycles. The molecule has 90 valence electrons. The minimum Gasteiger partial charge on any atom is -0.785 e. The van der Waals surface area contributed by atoms with Crippen LogP contribution in [0.3, 0.4) is 0 Å². The standard InChI is InChI=1S/C13H15NO2S.K/c1-3-16-13(15)10(2)14-12(9-17)11-7-5-4-6-8-11;/h4-9,14,17H,2-3H2,1H3;/q;+1/p-1/b12-9-;. The summed E-state index contributed by atoms with van der Waals surface area (Å²) < 4.78 is 4.82. The van der Waals surface area contributed by atoms with E-state index < -0.39 is 5.97 Å². The predicted molar refractivity (Wildman–Crippen MR) is 70.7 cm³/mol. The Morgan fingerprint density at radius 3 is 2.56 bits per heavy atom. The Balaban J connectivity index is 0.00000289. The van der Waals surface area contributed by atoms with Gasteiger partial charge in [-0.25, -0.2) is 4.79 Å². The maximum Gasteiger partial charge on any atom is 1.00 e. The first-order valence-corrected chi connectivity index (χ1v) is 5.66. The van der Waals surface area contributed by atoms with Gasteiger partial charge in [0.05, 0.1) is 6.61 Å². The molecule has 0 spiro atoms. The molecule has 0 aliphatic carbocycles. The summed E-state index contributed by atoms with van der Waals surface area (Å²) >= 11 is 4.91. The van der Waals surface area contributed by atoms with Gasteiger partial charge in [-0.15, -0.1) is 0 Å². The molecule has 1 aromatic carbocycles. The monoisotopic (exact) mass is 287 g/mol. The van der Waals surface area contributed by atoms with Gasteiger partial charge in [0, 0.05) is 5.70 Å². The van der Waals surface area contributed by atoms with E-state index in [1.165, 1.54) is 5.41 Å². The minimum absolute atomic E-state index is 0. The molecule has 1 rings (SSSR count). The van der Waals surface area contributed by atoms with E-state index in [2.05, 4.69) is 11.9 Å². The van der Waals surface area contributed by atoms with Gasteiger partial charge in [-0.2, -0.15) is 5.41 Å². The summed E-state index contributed by atoms with van der Waals surface area (Å²) in [6.45, 7) is 5.67. The molecule has 0 saturated heterocycles. The van der Waals surface area contributed by atoms with Gasteiger partial charge < -0.3 is 22.7 Å². The number of ether oxygens (including phenoxy) is 1. The molecule has 0 atom stereocenters. The van der Waals surface area contributed by atoms with E-state index >= 15 is 0 Å². The molecule has 3 nitrogen and oxygen atoms in total. The fourth-order valence-corrected chi connectivity index (χ4v) is 1.41. The van der Waals surface area contributed by atoms with E-state index in [4.69, 9.17) is 17.4 Å². The second kappa shape index (κ2) is 9.72. The van der Waals surface area contributed by atoms with Crippen molar-refractivity contribution in [1.29, 1.82) is 0 Å². The van der Waals surface area contributed by atoms with Crippen molar-refractivity contribution in [3.63, 3.8) is 0 Å². The van der Waals surface area contributed by atoms with Crippen LogP contribution in [0.4, 0.5) is 0 Å². The largest absolute Gasteiger partial charge is 1.00 e. The maximum atomic E-state index is 11.4. The molecule has 0 unspecified atom stereocenters. The Bertz CT molecular complexity index is 432. The van der Waals surface area contributed by atoms with Crippen molar-refractivity contribution in [3.05, 3.63) is 53.6 Å². The van der Waals surface area contributed by atoms with Crippen molar-refractivity contribution in [3.8, 4) is 0 Å². The Kier molecular flexibility index (Phi) is 9.62. The number of nitrogens with one attached hydrogen (secondary N) is 1. The van der Waals surface area contributed by atoms with Crippen LogP contribution in [0, 0.1) is 0 Å². The van der Waals surface area contributed by atoms with Crippen molar-refractivity contribution in [2.75, 3.05) is 6.61 Å². The SMILES string of the molecule is C=C(N/C(=C\[S-])c1ccccc1)C(=O)OCC.[K+]. The Labute approximate surface area is 156 Å². The van der Waals surface area contributed by atoms with Gasteiger partial charge in [-0.3, -0.25) is 0 Å². The van der Waals surface area contributed by atoms with Gasteiger partial charge in [0.15, 0.2) is 0 Å². The molecule has 0 fully saturated rings. The van der Waals surface area contributed by atoms with E-state index in [1.54, 1.807) is 6.92 Å². The van der Waals surface area contributed by atoms with Crippen LogP contribution in [0.15, 0.2) is 48.0 Å². The molecular formula is C13H14KNO2S. The molecule has 5 heteroatoms. The van der Waals surface area contributed by atoms with E-state index in [1.807, 2.05) is 30.3 Å². The van der Waals surface area contributed by atoms with Gasteiger partial charge >= 0.3 is 57.4 Å². The summed E-state index contributed by atoms with van der Waals surface area (Å²) in [6.07, 6.45) is 0. The minimum atomic E-state index is -0.474. The smallest absolute Gasteiger partial charge is 0.785 e. The van der Waals surface area contributed by atoms with Crippen LogP contribution in [0.25, 0.3) is 5.70 Å². The van der Waals surface area contributed by atoms with E-state index in [-0.39, 0.29) is 57.1 Å². The molecule has 18 heavy (non-hydrogen) atoms. The third-order valence-corrected chi connectivity index (χ3v) is 2.25. The van der Waals surface area contributed by atoms with Gasteiger partial charge in [-0.05, 0) is 12.5 Å². The second-order valence-corrected chi connectivity index (χ2v) is 3.46. The topological polar surface area (TPSA) is 38.3 Å². The number of benzene rings is 1. The molecule has 1 aromatic rings. The molecule has 0 aliphatic rings. The van der Waals surface area contributed by atoms with Crippen LogP contribution >= 0.6 is 0 Å². The molecule has 0 saturated carbocycles. The van der Waals surface area contributed by atoms with Gasteiger partial charge in [0.2, 0.25) is 0 Å². The van der Waals surface area contributed by atoms with Crippen LogP contribution in [-0.4, -0.2) is 12.6 Å². The summed E-state index contributed by atoms with van der Waals surface area (Å²) in [5.41, 5.74) is 1.72. The number of hydrogen-bond donors (Lipinski definition) is 1. The summed E-state index contributed by atoms with van der Waals surface area (Å²) in [5.74, 6) is -0.474. The molecule has 0 amide bonds. The number of hydrogen-bond acceptors (Lipinski definition) is 4. The first-order chi connectivity index (χ1) is 8.19. The van der Waals surface area contributed by atoms with Crippen molar-refractivity contribution in [2.24, 2.45) is 0 Å². The number of carbonyl (C=O) groups excluding carboxylic acids is 1. The Morgan fingerprint density at radius 2 is 2.06 bits per heavy atom. The average Bonchev–Trinajstić information content (AvgIpc) is 2.37. The first kappa shape index (κ1) is 17.8. The quantitative estimate of drug-likeness (QED) is 0.333. The molecule has 0 aromatic heterocycles. The predicted octanol–water partition coefficient (Wildman–Crippen LogP) is -0.798. The number of esters is 1. The number of carbonyl (C=O) groups is 1. The third-order valence-electron chi connectivity index (χ3n) is 2.01. The van der Waals surface area contributed by atoms with Crippen LogP contribution < -0.4 is 56.7 Å². The molecule has 0 aliphatic heterocycles. The Morgan fingerprint density at radius 1 is 1.44 bits per heavy atom. The zero-order chi connectivity index (χ0) is 12.7. The van der Waals surface area contributed by atoms with Gasteiger partial charge in [0.25, 0.3) is 0 Å². The van der Waals surface area contributed by atoms with E-state index in [0.717, 1.165) is 5.56 Å². The normalized spacial score (nSPS) is 10.2. The summed E-state index contributed by atoms with van der Waals surface area (Å²) in [4.78, 5) is 11.4. The summed E-state index contributed by atoms with van der Waals surface area (Å²) in [7, 11) is 0. The second-order valence-electron chi connectivity index (χ2n) is 3.22.